The first-order chi connectivity index (χ1) is 8.25. The van der Waals surface area contributed by atoms with Gasteiger partial charge in [0, 0.05) is 24.5 Å². The maximum absolute atomic E-state index is 12.1. The molecule has 4 nitrogen and oxygen atoms in total. The van der Waals surface area contributed by atoms with Crippen molar-refractivity contribution in [2.45, 2.75) is 39.7 Å². The Morgan fingerprint density at radius 3 is 2.56 bits per heavy atom. The summed E-state index contributed by atoms with van der Waals surface area (Å²) in [5, 5.41) is 2.93. The van der Waals surface area contributed by atoms with Crippen molar-refractivity contribution < 1.29 is 4.79 Å². The molecule has 100 valence electrons. The first kappa shape index (κ1) is 14.6. The zero-order chi connectivity index (χ0) is 13.8. The van der Waals surface area contributed by atoms with E-state index in [4.69, 9.17) is 5.73 Å². The summed E-state index contributed by atoms with van der Waals surface area (Å²) in [6.07, 6.45) is 4.33. The molecule has 1 amide bonds. The number of amides is 1. The predicted octanol–water partition coefficient (Wildman–Crippen LogP) is 1.50. The molecule has 3 N–H and O–H groups in total. The van der Waals surface area contributed by atoms with Gasteiger partial charge < -0.3 is 11.1 Å². The number of carbonyl (C=O) groups excluding carboxylic acids is 1. The average molecular weight is 249 g/mol. The fraction of sp³-hybridized carbons (Fsp3) is 0.571. The molecule has 1 heterocycles. The Morgan fingerprint density at radius 2 is 2.06 bits per heavy atom. The van der Waals surface area contributed by atoms with Gasteiger partial charge in [-0.1, -0.05) is 6.07 Å². The summed E-state index contributed by atoms with van der Waals surface area (Å²) in [4.78, 5) is 16.1. The van der Waals surface area contributed by atoms with Crippen molar-refractivity contribution >= 4 is 5.91 Å². The summed E-state index contributed by atoms with van der Waals surface area (Å²) in [5.74, 6) is -0.0149. The van der Waals surface area contributed by atoms with E-state index >= 15 is 0 Å². The second kappa shape index (κ2) is 5.48. The lowest BCUT2D eigenvalue weighted by Gasteiger charge is -2.36. The standard InChI is InChI=1S/C14H23N3O/c1-13(2,14(3,4)15)12(18)17-9-7-11-6-5-8-16-10-11/h5-6,8,10H,7,9,15H2,1-4H3,(H,17,18). The number of hydrogen-bond acceptors (Lipinski definition) is 3. The van der Waals surface area contributed by atoms with E-state index in [9.17, 15) is 4.79 Å². The predicted molar refractivity (Wildman–Crippen MR) is 73.0 cm³/mol. The van der Waals surface area contributed by atoms with E-state index in [0.717, 1.165) is 12.0 Å². The maximum atomic E-state index is 12.1. The Balaban J connectivity index is 2.48. The molecule has 0 radical (unpaired) electrons. The molecule has 0 spiro atoms. The molecule has 0 aromatic carbocycles. The van der Waals surface area contributed by atoms with E-state index in [1.54, 1.807) is 6.20 Å². The molecule has 0 fully saturated rings. The van der Waals surface area contributed by atoms with E-state index in [2.05, 4.69) is 10.3 Å². The van der Waals surface area contributed by atoms with Gasteiger partial charge in [0.1, 0.15) is 0 Å². The molecule has 1 aromatic rings. The number of nitrogens with one attached hydrogen (secondary N) is 1. The van der Waals surface area contributed by atoms with Gasteiger partial charge in [-0.05, 0) is 45.7 Å². The number of pyridine rings is 1. The third-order valence-corrected chi connectivity index (χ3v) is 3.60. The van der Waals surface area contributed by atoms with Crippen LogP contribution in [-0.4, -0.2) is 23.0 Å². The van der Waals surface area contributed by atoms with Crippen molar-refractivity contribution in [1.29, 1.82) is 0 Å². The summed E-state index contributed by atoms with van der Waals surface area (Å²) in [6, 6.07) is 3.89. The highest BCUT2D eigenvalue weighted by Crippen LogP contribution is 2.28. The van der Waals surface area contributed by atoms with Crippen LogP contribution in [0.15, 0.2) is 24.5 Å². The lowest BCUT2D eigenvalue weighted by atomic mass is 9.74. The van der Waals surface area contributed by atoms with Crippen LogP contribution in [0.1, 0.15) is 33.3 Å². The van der Waals surface area contributed by atoms with Crippen molar-refractivity contribution in [2.75, 3.05) is 6.54 Å². The smallest absolute Gasteiger partial charge is 0.227 e. The summed E-state index contributed by atoms with van der Waals surface area (Å²) >= 11 is 0. The van der Waals surface area contributed by atoms with Gasteiger partial charge >= 0.3 is 0 Å². The van der Waals surface area contributed by atoms with Gasteiger partial charge in [-0.15, -0.1) is 0 Å². The lowest BCUT2D eigenvalue weighted by Crippen LogP contribution is -2.55. The zero-order valence-electron chi connectivity index (χ0n) is 11.7. The molecular formula is C14H23N3O. The summed E-state index contributed by atoms with van der Waals surface area (Å²) in [5.41, 5.74) is 5.99. The summed E-state index contributed by atoms with van der Waals surface area (Å²) < 4.78 is 0. The van der Waals surface area contributed by atoms with Gasteiger partial charge in [0.05, 0.1) is 5.41 Å². The normalized spacial score (nSPS) is 12.3. The van der Waals surface area contributed by atoms with Crippen LogP contribution in [0.2, 0.25) is 0 Å². The Hall–Kier alpha value is -1.42. The molecular weight excluding hydrogens is 226 g/mol. The van der Waals surface area contributed by atoms with Crippen LogP contribution in [0.3, 0.4) is 0 Å². The third kappa shape index (κ3) is 3.53. The highest BCUT2D eigenvalue weighted by molar-refractivity contribution is 5.83. The van der Waals surface area contributed by atoms with Crippen LogP contribution in [0.4, 0.5) is 0 Å². The van der Waals surface area contributed by atoms with Gasteiger partial charge in [-0.25, -0.2) is 0 Å². The number of hydrogen-bond donors (Lipinski definition) is 2. The molecule has 0 aliphatic heterocycles. The fourth-order valence-corrected chi connectivity index (χ4v) is 1.38. The summed E-state index contributed by atoms with van der Waals surface area (Å²) in [7, 11) is 0. The van der Waals surface area contributed by atoms with E-state index in [-0.39, 0.29) is 5.91 Å². The second-order valence-electron chi connectivity index (χ2n) is 5.71. The molecule has 1 rings (SSSR count). The summed E-state index contributed by atoms with van der Waals surface area (Å²) in [6.45, 7) is 8.07. The van der Waals surface area contributed by atoms with Crippen molar-refractivity contribution in [3.8, 4) is 0 Å². The van der Waals surface area contributed by atoms with Crippen molar-refractivity contribution in [3.05, 3.63) is 30.1 Å². The van der Waals surface area contributed by atoms with Crippen LogP contribution >= 0.6 is 0 Å². The van der Waals surface area contributed by atoms with Crippen LogP contribution in [0.25, 0.3) is 0 Å². The first-order valence-electron chi connectivity index (χ1n) is 6.21. The van der Waals surface area contributed by atoms with Crippen molar-refractivity contribution in [3.63, 3.8) is 0 Å². The highest BCUT2D eigenvalue weighted by Gasteiger charge is 2.40. The van der Waals surface area contributed by atoms with Crippen LogP contribution in [-0.2, 0) is 11.2 Å². The number of nitrogens with zero attached hydrogens (tertiary/aromatic N) is 1. The molecule has 0 unspecified atom stereocenters. The lowest BCUT2D eigenvalue weighted by molar-refractivity contribution is -0.132. The fourth-order valence-electron chi connectivity index (χ4n) is 1.38. The minimum Gasteiger partial charge on any atom is -0.355 e. The maximum Gasteiger partial charge on any atom is 0.227 e. The Morgan fingerprint density at radius 1 is 1.39 bits per heavy atom. The molecule has 0 aliphatic carbocycles. The Labute approximate surface area is 109 Å². The topological polar surface area (TPSA) is 68.0 Å². The monoisotopic (exact) mass is 249 g/mol. The van der Waals surface area contributed by atoms with E-state index in [1.807, 2.05) is 46.0 Å². The molecule has 0 aliphatic rings. The number of aromatic nitrogens is 1. The van der Waals surface area contributed by atoms with E-state index < -0.39 is 11.0 Å². The van der Waals surface area contributed by atoms with Gasteiger partial charge in [0.25, 0.3) is 0 Å². The van der Waals surface area contributed by atoms with Crippen LogP contribution < -0.4 is 11.1 Å². The van der Waals surface area contributed by atoms with Crippen LogP contribution in [0, 0.1) is 5.41 Å². The van der Waals surface area contributed by atoms with Crippen molar-refractivity contribution in [1.82, 2.24) is 10.3 Å². The second-order valence-corrected chi connectivity index (χ2v) is 5.71. The molecule has 0 atom stereocenters. The molecule has 0 saturated heterocycles. The molecule has 0 saturated carbocycles. The number of carbonyl (C=O) groups is 1. The number of nitrogens with two attached hydrogens (primary N) is 1. The van der Waals surface area contributed by atoms with Crippen molar-refractivity contribution in [2.24, 2.45) is 11.1 Å². The molecule has 18 heavy (non-hydrogen) atoms. The number of rotatable bonds is 5. The van der Waals surface area contributed by atoms with E-state index in [0.29, 0.717) is 6.54 Å². The first-order valence-corrected chi connectivity index (χ1v) is 6.21. The average Bonchev–Trinajstić information content (AvgIpc) is 2.28. The Kier molecular flexibility index (Phi) is 4.46. The minimum atomic E-state index is -0.595. The third-order valence-electron chi connectivity index (χ3n) is 3.60. The quantitative estimate of drug-likeness (QED) is 0.831. The van der Waals surface area contributed by atoms with Gasteiger partial charge in [-0.2, -0.15) is 0 Å². The zero-order valence-corrected chi connectivity index (χ0v) is 11.7. The van der Waals surface area contributed by atoms with E-state index in [1.165, 1.54) is 0 Å². The highest BCUT2D eigenvalue weighted by atomic mass is 16.2. The molecule has 1 aromatic heterocycles. The van der Waals surface area contributed by atoms with Gasteiger partial charge in [0.15, 0.2) is 0 Å². The Bertz CT molecular complexity index is 393. The minimum absolute atomic E-state index is 0.0149. The SMILES string of the molecule is CC(C)(N)C(C)(C)C(=O)NCCc1cccnc1. The molecule has 0 bridgehead atoms. The van der Waals surface area contributed by atoms with Crippen LogP contribution in [0.5, 0.6) is 0 Å². The largest absolute Gasteiger partial charge is 0.355 e. The van der Waals surface area contributed by atoms with Gasteiger partial charge in [-0.3, -0.25) is 9.78 Å². The van der Waals surface area contributed by atoms with Gasteiger partial charge in [0.2, 0.25) is 5.91 Å². The molecule has 4 heteroatoms.